The fraction of sp³-hybridized carbons (Fsp3) is 0.188. The van der Waals surface area contributed by atoms with Crippen LogP contribution in [0.3, 0.4) is 0 Å². The normalized spacial score (nSPS) is 11.8. The number of carbonyl (C=O) groups is 1. The van der Waals surface area contributed by atoms with Crippen molar-refractivity contribution in [2.24, 2.45) is 0 Å². The largest absolute Gasteiger partial charge is 0.462 e. The van der Waals surface area contributed by atoms with Crippen molar-refractivity contribution >= 4 is 31.5 Å². The molecule has 9 heteroatoms. The molecule has 7 nitrogen and oxygen atoms in total. The number of hydrogen-bond donors (Lipinski definition) is 1. The molecular weight excluding hydrogens is 366 g/mol. The maximum atomic E-state index is 12.4. The Hall–Kier alpha value is -2.39. The second-order valence-electron chi connectivity index (χ2n) is 5.15. The Morgan fingerprint density at radius 2 is 1.64 bits per heavy atom. The van der Waals surface area contributed by atoms with Gasteiger partial charge in [0.15, 0.2) is 9.84 Å². The third kappa shape index (κ3) is 4.80. The lowest BCUT2D eigenvalue weighted by atomic mass is 10.2. The lowest BCUT2D eigenvalue weighted by Gasteiger charge is -2.10. The van der Waals surface area contributed by atoms with Gasteiger partial charge in [-0.1, -0.05) is 6.07 Å². The van der Waals surface area contributed by atoms with Crippen molar-refractivity contribution in [3.05, 3.63) is 54.1 Å². The zero-order valence-corrected chi connectivity index (χ0v) is 15.2. The molecule has 2 aromatic rings. The highest BCUT2D eigenvalue weighted by molar-refractivity contribution is 7.92. The lowest BCUT2D eigenvalue weighted by Crippen LogP contribution is -2.14. The molecule has 0 aliphatic heterocycles. The minimum atomic E-state index is -3.93. The van der Waals surface area contributed by atoms with Crippen LogP contribution < -0.4 is 4.72 Å². The van der Waals surface area contributed by atoms with E-state index in [1.165, 1.54) is 48.5 Å². The molecule has 0 saturated carbocycles. The monoisotopic (exact) mass is 383 g/mol. The molecule has 134 valence electrons. The number of benzene rings is 2. The lowest BCUT2D eigenvalue weighted by molar-refractivity contribution is 0.0526. The second-order valence-corrected chi connectivity index (χ2v) is 8.85. The van der Waals surface area contributed by atoms with E-state index in [-0.39, 0.29) is 27.6 Å². The van der Waals surface area contributed by atoms with E-state index in [4.69, 9.17) is 4.74 Å². The van der Waals surface area contributed by atoms with E-state index in [2.05, 4.69) is 4.72 Å². The quantitative estimate of drug-likeness (QED) is 0.765. The Kier molecular flexibility index (Phi) is 5.48. The van der Waals surface area contributed by atoms with Crippen LogP contribution in [0, 0.1) is 0 Å². The van der Waals surface area contributed by atoms with Crippen molar-refractivity contribution in [2.45, 2.75) is 16.7 Å². The van der Waals surface area contributed by atoms with Crippen LogP contribution >= 0.6 is 0 Å². The molecule has 0 heterocycles. The minimum absolute atomic E-state index is 0.00496. The highest BCUT2D eigenvalue weighted by Gasteiger charge is 2.17. The Morgan fingerprint density at radius 3 is 2.20 bits per heavy atom. The average molecular weight is 383 g/mol. The Bertz CT molecular complexity index is 980. The van der Waals surface area contributed by atoms with Crippen molar-refractivity contribution < 1.29 is 26.4 Å². The smallest absolute Gasteiger partial charge is 0.338 e. The van der Waals surface area contributed by atoms with Crippen LogP contribution in [0.2, 0.25) is 0 Å². The predicted molar refractivity (Wildman–Crippen MR) is 92.8 cm³/mol. The van der Waals surface area contributed by atoms with E-state index in [9.17, 15) is 21.6 Å². The number of sulfonamides is 1. The first-order valence-electron chi connectivity index (χ1n) is 7.23. The van der Waals surface area contributed by atoms with Gasteiger partial charge in [-0.25, -0.2) is 21.6 Å². The number of esters is 1. The zero-order valence-electron chi connectivity index (χ0n) is 13.6. The van der Waals surface area contributed by atoms with Gasteiger partial charge in [0.05, 0.1) is 27.6 Å². The number of anilines is 1. The minimum Gasteiger partial charge on any atom is -0.462 e. The van der Waals surface area contributed by atoms with Crippen molar-refractivity contribution in [3.8, 4) is 0 Å². The van der Waals surface area contributed by atoms with E-state index >= 15 is 0 Å². The molecule has 0 amide bonds. The maximum Gasteiger partial charge on any atom is 0.338 e. The Morgan fingerprint density at radius 1 is 1.00 bits per heavy atom. The van der Waals surface area contributed by atoms with Gasteiger partial charge in [0, 0.05) is 6.26 Å². The molecule has 0 saturated heterocycles. The van der Waals surface area contributed by atoms with E-state index in [1.54, 1.807) is 6.92 Å². The fourth-order valence-corrected chi connectivity index (χ4v) is 3.71. The second kappa shape index (κ2) is 7.24. The molecule has 25 heavy (non-hydrogen) atoms. The number of sulfone groups is 1. The Labute approximate surface area is 146 Å². The average Bonchev–Trinajstić information content (AvgIpc) is 2.54. The van der Waals surface area contributed by atoms with Crippen molar-refractivity contribution in [3.63, 3.8) is 0 Å². The van der Waals surface area contributed by atoms with E-state index in [0.29, 0.717) is 0 Å². The summed E-state index contributed by atoms with van der Waals surface area (Å²) < 4.78 is 55.0. The SMILES string of the molecule is CCOC(=O)c1ccc(S(=O)(=O)Nc2cccc(S(C)(=O)=O)c2)cc1. The molecule has 0 atom stereocenters. The summed E-state index contributed by atoms with van der Waals surface area (Å²) >= 11 is 0. The molecule has 0 bridgehead atoms. The third-order valence-electron chi connectivity index (χ3n) is 3.19. The number of rotatable bonds is 6. The highest BCUT2D eigenvalue weighted by atomic mass is 32.2. The number of hydrogen-bond acceptors (Lipinski definition) is 6. The van der Waals surface area contributed by atoms with Crippen LogP contribution in [0.15, 0.2) is 58.3 Å². The van der Waals surface area contributed by atoms with Crippen molar-refractivity contribution in [1.82, 2.24) is 0 Å². The summed E-state index contributed by atoms with van der Waals surface area (Å²) in [6.07, 6.45) is 1.04. The van der Waals surface area contributed by atoms with Gasteiger partial charge in [0.25, 0.3) is 10.0 Å². The van der Waals surface area contributed by atoms with E-state index in [1.807, 2.05) is 0 Å². The first-order valence-corrected chi connectivity index (χ1v) is 10.6. The molecule has 0 aromatic heterocycles. The highest BCUT2D eigenvalue weighted by Crippen LogP contribution is 2.20. The molecule has 0 aliphatic rings. The van der Waals surface area contributed by atoms with Crippen molar-refractivity contribution in [2.75, 3.05) is 17.6 Å². The molecular formula is C16H17NO6S2. The number of ether oxygens (including phenoxy) is 1. The topological polar surface area (TPSA) is 107 Å². The van der Waals surface area contributed by atoms with E-state index in [0.717, 1.165) is 6.26 Å². The summed E-state index contributed by atoms with van der Waals surface area (Å²) in [4.78, 5) is 11.5. The standard InChI is InChI=1S/C16H17NO6S2/c1-3-23-16(18)12-7-9-14(10-8-12)25(21,22)17-13-5-4-6-15(11-13)24(2,19)20/h4-11,17H,3H2,1-2H3. The van der Waals surface area contributed by atoms with Gasteiger partial charge in [-0.15, -0.1) is 0 Å². The van der Waals surface area contributed by atoms with Crippen LogP contribution in [0.1, 0.15) is 17.3 Å². The molecule has 0 aliphatic carbocycles. The summed E-state index contributed by atoms with van der Waals surface area (Å²) in [5.74, 6) is -0.541. The fourth-order valence-electron chi connectivity index (χ4n) is 1.99. The van der Waals surface area contributed by atoms with Gasteiger partial charge >= 0.3 is 5.97 Å². The van der Waals surface area contributed by atoms with Crippen LogP contribution in [0.5, 0.6) is 0 Å². The summed E-state index contributed by atoms with van der Waals surface area (Å²) in [6.45, 7) is 1.89. The van der Waals surface area contributed by atoms with Crippen LogP contribution in [-0.4, -0.2) is 35.7 Å². The maximum absolute atomic E-state index is 12.4. The predicted octanol–water partition coefficient (Wildman–Crippen LogP) is 2.07. The van der Waals surface area contributed by atoms with Gasteiger partial charge < -0.3 is 4.74 Å². The summed E-state index contributed by atoms with van der Waals surface area (Å²) in [6, 6.07) is 10.7. The molecule has 1 N–H and O–H groups in total. The molecule has 0 spiro atoms. The molecule has 2 rings (SSSR count). The van der Waals surface area contributed by atoms with Gasteiger partial charge in [0.1, 0.15) is 0 Å². The Balaban J connectivity index is 2.26. The van der Waals surface area contributed by atoms with Crippen LogP contribution in [0.4, 0.5) is 5.69 Å². The number of nitrogens with one attached hydrogen (secondary N) is 1. The summed E-state index contributed by atoms with van der Waals surface area (Å²) in [7, 11) is -7.38. The molecule has 0 radical (unpaired) electrons. The third-order valence-corrected chi connectivity index (χ3v) is 5.70. The first-order chi connectivity index (χ1) is 11.6. The van der Waals surface area contributed by atoms with Gasteiger partial charge in [-0.3, -0.25) is 4.72 Å². The molecule has 0 fully saturated rings. The van der Waals surface area contributed by atoms with Gasteiger partial charge in [-0.2, -0.15) is 0 Å². The molecule has 2 aromatic carbocycles. The van der Waals surface area contributed by atoms with Crippen LogP contribution in [0.25, 0.3) is 0 Å². The van der Waals surface area contributed by atoms with Gasteiger partial charge in [0.2, 0.25) is 0 Å². The summed E-state index contributed by atoms with van der Waals surface area (Å²) in [5, 5.41) is 0. The van der Waals surface area contributed by atoms with Crippen LogP contribution in [-0.2, 0) is 24.6 Å². The summed E-state index contributed by atoms with van der Waals surface area (Å²) in [5.41, 5.74) is 0.359. The molecule has 0 unspecified atom stereocenters. The van der Waals surface area contributed by atoms with Crippen molar-refractivity contribution in [1.29, 1.82) is 0 Å². The van der Waals surface area contributed by atoms with E-state index < -0.39 is 25.8 Å². The van der Waals surface area contributed by atoms with Gasteiger partial charge in [-0.05, 0) is 49.4 Å². The number of carbonyl (C=O) groups excluding carboxylic acids is 1. The first kappa shape index (κ1) is 18.9. The zero-order chi connectivity index (χ0) is 18.7.